The summed E-state index contributed by atoms with van der Waals surface area (Å²) in [4.78, 5) is 19.8. The van der Waals surface area contributed by atoms with Gasteiger partial charge in [-0.25, -0.2) is 9.97 Å². The molecule has 2 rings (SSSR count). The number of aromatic nitrogens is 2. The van der Waals surface area contributed by atoms with Crippen LogP contribution in [0.1, 0.15) is 21.2 Å². The zero-order valence-electron chi connectivity index (χ0n) is 8.97. The highest BCUT2D eigenvalue weighted by molar-refractivity contribution is 7.11. The second kappa shape index (κ2) is 4.72. The maximum absolute atomic E-state index is 11.7. The molecule has 0 fully saturated rings. The first-order valence-electron chi connectivity index (χ1n) is 4.79. The molecule has 6 heteroatoms. The molecule has 0 atom stereocenters. The SMILES string of the molecule is Cc1cccc(NC(=O)c2nc(C#N)cs2)n1. The van der Waals surface area contributed by atoms with Gasteiger partial charge in [0.1, 0.15) is 11.9 Å². The molecule has 0 saturated carbocycles. The molecule has 0 unspecified atom stereocenters. The second-order valence-electron chi connectivity index (χ2n) is 3.27. The summed E-state index contributed by atoms with van der Waals surface area (Å²) < 4.78 is 0. The number of pyridine rings is 1. The van der Waals surface area contributed by atoms with E-state index in [2.05, 4.69) is 15.3 Å². The smallest absolute Gasteiger partial charge is 0.285 e. The van der Waals surface area contributed by atoms with Crippen molar-refractivity contribution in [3.05, 3.63) is 40.0 Å². The van der Waals surface area contributed by atoms with E-state index in [1.807, 2.05) is 19.1 Å². The van der Waals surface area contributed by atoms with Gasteiger partial charge < -0.3 is 5.32 Å². The highest BCUT2D eigenvalue weighted by atomic mass is 32.1. The fraction of sp³-hybridized carbons (Fsp3) is 0.0909. The van der Waals surface area contributed by atoms with Gasteiger partial charge in [-0.3, -0.25) is 4.79 Å². The molecule has 0 radical (unpaired) electrons. The molecule has 1 amide bonds. The largest absolute Gasteiger partial charge is 0.304 e. The minimum absolute atomic E-state index is 0.248. The average Bonchev–Trinajstić information content (AvgIpc) is 2.77. The molecule has 2 heterocycles. The van der Waals surface area contributed by atoms with Gasteiger partial charge in [-0.1, -0.05) is 6.07 Å². The zero-order chi connectivity index (χ0) is 12.3. The van der Waals surface area contributed by atoms with Crippen molar-refractivity contribution in [1.29, 1.82) is 5.26 Å². The van der Waals surface area contributed by atoms with E-state index in [4.69, 9.17) is 5.26 Å². The molecule has 2 aromatic heterocycles. The number of hydrogen-bond donors (Lipinski definition) is 1. The van der Waals surface area contributed by atoms with Crippen LogP contribution in [0.4, 0.5) is 5.82 Å². The van der Waals surface area contributed by atoms with Gasteiger partial charge in [0, 0.05) is 11.1 Å². The Morgan fingerprint density at radius 2 is 2.29 bits per heavy atom. The third kappa shape index (κ3) is 2.65. The van der Waals surface area contributed by atoms with E-state index in [1.165, 1.54) is 0 Å². The number of nitrogens with one attached hydrogen (secondary N) is 1. The first-order chi connectivity index (χ1) is 8.19. The van der Waals surface area contributed by atoms with Crippen LogP contribution in [0, 0.1) is 18.3 Å². The maximum Gasteiger partial charge on any atom is 0.285 e. The van der Waals surface area contributed by atoms with E-state index >= 15 is 0 Å². The Morgan fingerprint density at radius 3 is 2.94 bits per heavy atom. The van der Waals surface area contributed by atoms with Gasteiger partial charge in [0.25, 0.3) is 5.91 Å². The van der Waals surface area contributed by atoms with Crippen molar-refractivity contribution >= 4 is 23.1 Å². The number of nitrogens with zero attached hydrogens (tertiary/aromatic N) is 3. The Labute approximate surface area is 102 Å². The van der Waals surface area contributed by atoms with E-state index in [-0.39, 0.29) is 16.6 Å². The molecule has 0 aromatic carbocycles. The van der Waals surface area contributed by atoms with Crippen molar-refractivity contribution in [1.82, 2.24) is 9.97 Å². The standard InChI is InChI=1S/C11H8N4OS/c1-7-3-2-4-9(13-7)15-10(16)11-14-8(5-12)6-17-11/h2-4,6H,1H3,(H,13,15,16). The summed E-state index contributed by atoms with van der Waals surface area (Å²) in [5, 5.41) is 13.0. The molecule has 1 N–H and O–H groups in total. The quantitative estimate of drug-likeness (QED) is 0.875. The van der Waals surface area contributed by atoms with E-state index in [0.29, 0.717) is 5.82 Å². The molecule has 0 aliphatic heterocycles. The summed E-state index contributed by atoms with van der Waals surface area (Å²) in [5.41, 5.74) is 1.07. The highest BCUT2D eigenvalue weighted by Gasteiger charge is 2.11. The topological polar surface area (TPSA) is 78.7 Å². The van der Waals surface area contributed by atoms with Gasteiger partial charge in [0.15, 0.2) is 10.7 Å². The van der Waals surface area contributed by atoms with Crippen LogP contribution in [-0.4, -0.2) is 15.9 Å². The van der Waals surface area contributed by atoms with Crippen LogP contribution in [0.25, 0.3) is 0 Å². The van der Waals surface area contributed by atoms with E-state index < -0.39 is 0 Å². The number of thiazole rings is 1. The van der Waals surface area contributed by atoms with Gasteiger partial charge in [0.05, 0.1) is 0 Å². The van der Waals surface area contributed by atoms with Gasteiger partial charge in [0.2, 0.25) is 0 Å². The molecule has 0 bridgehead atoms. The molecule has 0 saturated heterocycles. The summed E-state index contributed by atoms with van der Waals surface area (Å²) in [6.07, 6.45) is 0. The van der Waals surface area contributed by atoms with E-state index in [1.54, 1.807) is 17.5 Å². The van der Waals surface area contributed by atoms with Crippen LogP contribution < -0.4 is 5.32 Å². The molecule has 17 heavy (non-hydrogen) atoms. The maximum atomic E-state index is 11.7. The minimum Gasteiger partial charge on any atom is -0.304 e. The van der Waals surface area contributed by atoms with E-state index in [9.17, 15) is 4.79 Å². The monoisotopic (exact) mass is 244 g/mol. The summed E-state index contributed by atoms with van der Waals surface area (Å²) in [6.45, 7) is 1.84. The van der Waals surface area contributed by atoms with Gasteiger partial charge in [-0.05, 0) is 19.1 Å². The minimum atomic E-state index is -0.352. The third-order valence-corrected chi connectivity index (χ3v) is 2.78. The number of carbonyl (C=O) groups excluding carboxylic acids is 1. The second-order valence-corrected chi connectivity index (χ2v) is 4.13. The van der Waals surface area contributed by atoms with E-state index in [0.717, 1.165) is 17.0 Å². The predicted octanol–water partition coefficient (Wildman–Crippen LogP) is 1.97. The Hall–Kier alpha value is -2.26. The number of anilines is 1. The Kier molecular flexibility index (Phi) is 3.12. The number of nitriles is 1. The summed E-state index contributed by atoms with van der Waals surface area (Å²) in [5.74, 6) is 0.123. The molecule has 5 nitrogen and oxygen atoms in total. The number of rotatable bonds is 2. The zero-order valence-corrected chi connectivity index (χ0v) is 9.78. The average molecular weight is 244 g/mol. The van der Waals surface area contributed by atoms with Crippen LogP contribution in [-0.2, 0) is 0 Å². The molecule has 2 aromatic rings. The fourth-order valence-electron chi connectivity index (χ4n) is 1.21. The van der Waals surface area contributed by atoms with Crippen molar-refractivity contribution in [2.45, 2.75) is 6.92 Å². The van der Waals surface area contributed by atoms with Gasteiger partial charge in [-0.15, -0.1) is 11.3 Å². The van der Waals surface area contributed by atoms with Crippen LogP contribution in [0.15, 0.2) is 23.6 Å². The number of aryl methyl sites for hydroxylation is 1. The first kappa shape index (κ1) is 11.2. The lowest BCUT2D eigenvalue weighted by molar-refractivity contribution is 0.102. The first-order valence-corrected chi connectivity index (χ1v) is 5.67. The summed E-state index contributed by atoms with van der Waals surface area (Å²) >= 11 is 1.13. The molecule has 0 aliphatic carbocycles. The molecular weight excluding hydrogens is 236 g/mol. The van der Waals surface area contributed by atoms with Crippen LogP contribution in [0.3, 0.4) is 0 Å². The summed E-state index contributed by atoms with van der Waals surface area (Å²) in [7, 11) is 0. The normalized spacial score (nSPS) is 9.65. The van der Waals surface area contributed by atoms with Crippen LogP contribution >= 0.6 is 11.3 Å². The van der Waals surface area contributed by atoms with Crippen molar-refractivity contribution in [3.63, 3.8) is 0 Å². The molecule has 0 spiro atoms. The fourth-order valence-corrected chi connectivity index (χ4v) is 1.85. The number of amides is 1. The molecule has 84 valence electrons. The number of hydrogen-bond acceptors (Lipinski definition) is 5. The van der Waals surface area contributed by atoms with Crippen molar-refractivity contribution in [3.8, 4) is 6.07 Å². The van der Waals surface area contributed by atoms with Crippen molar-refractivity contribution in [2.24, 2.45) is 0 Å². The molecular formula is C11H8N4OS. The predicted molar refractivity (Wildman–Crippen MR) is 63.8 cm³/mol. The Morgan fingerprint density at radius 1 is 1.47 bits per heavy atom. The van der Waals surface area contributed by atoms with Gasteiger partial charge in [-0.2, -0.15) is 5.26 Å². The Bertz CT molecular complexity index is 600. The van der Waals surface area contributed by atoms with Crippen LogP contribution in [0.5, 0.6) is 0 Å². The van der Waals surface area contributed by atoms with Crippen molar-refractivity contribution < 1.29 is 4.79 Å². The lowest BCUT2D eigenvalue weighted by Crippen LogP contribution is -2.12. The highest BCUT2D eigenvalue weighted by Crippen LogP contribution is 2.11. The van der Waals surface area contributed by atoms with Gasteiger partial charge >= 0.3 is 0 Å². The molecule has 0 aliphatic rings. The lowest BCUT2D eigenvalue weighted by Gasteiger charge is -2.02. The Balaban J connectivity index is 2.14. The number of carbonyl (C=O) groups is 1. The third-order valence-electron chi connectivity index (χ3n) is 1.94. The lowest BCUT2D eigenvalue weighted by atomic mass is 10.4. The summed E-state index contributed by atoms with van der Waals surface area (Å²) in [6, 6.07) is 7.22. The van der Waals surface area contributed by atoms with Crippen molar-refractivity contribution in [2.75, 3.05) is 5.32 Å². The van der Waals surface area contributed by atoms with Crippen LogP contribution in [0.2, 0.25) is 0 Å².